The topological polar surface area (TPSA) is 58.2 Å². The first kappa shape index (κ1) is 15.7. The summed E-state index contributed by atoms with van der Waals surface area (Å²) in [6, 6.07) is 4.83. The van der Waals surface area contributed by atoms with Crippen molar-refractivity contribution in [3.05, 3.63) is 35.6 Å². The molecule has 0 fully saturated rings. The van der Waals surface area contributed by atoms with Crippen LogP contribution in [0.2, 0.25) is 0 Å². The van der Waals surface area contributed by atoms with E-state index in [1.165, 1.54) is 18.2 Å². The Kier molecular flexibility index (Phi) is 5.73. The molecule has 2 N–H and O–H groups in total. The lowest BCUT2D eigenvalue weighted by atomic mass is 10.0. The summed E-state index contributed by atoms with van der Waals surface area (Å²) in [5.41, 5.74) is -0.0945. The smallest absolute Gasteiger partial charge is 0.254 e. The van der Waals surface area contributed by atoms with E-state index in [1.54, 1.807) is 19.9 Å². The number of rotatable bonds is 5. The van der Waals surface area contributed by atoms with Crippen LogP contribution in [-0.2, 0) is 4.79 Å². The average Bonchev–Trinajstić information content (AvgIpc) is 2.42. The number of carbonyl (C=O) groups is 2. The molecular weight excluding hydrogens is 259 g/mol. The molecule has 1 atom stereocenters. The standard InChI is InChI=1S/C15H17FN2O2/c1-4-9-17-15(20)13(10(2)3)18-14(19)11-7-5-6-8-12(11)16/h1,5-8,10,13H,9H2,2-3H3,(H,17,20)(H,18,19). The molecule has 0 saturated heterocycles. The molecular formula is C15H17FN2O2. The van der Waals surface area contributed by atoms with Gasteiger partial charge in [0.1, 0.15) is 11.9 Å². The molecule has 2 amide bonds. The second-order valence-corrected chi connectivity index (χ2v) is 4.60. The quantitative estimate of drug-likeness (QED) is 0.797. The van der Waals surface area contributed by atoms with Crippen molar-refractivity contribution in [1.82, 2.24) is 10.6 Å². The molecule has 1 rings (SSSR count). The van der Waals surface area contributed by atoms with Crippen LogP contribution in [0.15, 0.2) is 24.3 Å². The zero-order valence-electron chi connectivity index (χ0n) is 11.4. The van der Waals surface area contributed by atoms with Gasteiger partial charge in [0.2, 0.25) is 5.91 Å². The Hall–Kier alpha value is -2.35. The highest BCUT2D eigenvalue weighted by Gasteiger charge is 2.25. The third-order valence-electron chi connectivity index (χ3n) is 2.72. The molecule has 0 aliphatic carbocycles. The van der Waals surface area contributed by atoms with Crippen LogP contribution in [0.1, 0.15) is 24.2 Å². The number of hydrogen-bond acceptors (Lipinski definition) is 2. The van der Waals surface area contributed by atoms with Gasteiger partial charge in [-0.1, -0.05) is 31.9 Å². The van der Waals surface area contributed by atoms with Gasteiger partial charge in [0.25, 0.3) is 5.91 Å². The maximum atomic E-state index is 13.5. The van der Waals surface area contributed by atoms with E-state index in [0.29, 0.717) is 0 Å². The van der Waals surface area contributed by atoms with E-state index in [2.05, 4.69) is 16.6 Å². The number of hydrogen-bond donors (Lipinski definition) is 2. The van der Waals surface area contributed by atoms with Crippen molar-refractivity contribution < 1.29 is 14.0 Å². The summed E-state index contributed by atoms with van der Waals surface area (Å²) in [5.74, 6) is 0.491. The van der Waals surface area contributed by atoms with Gasteiger partial charge in [-0.3, -0.25) is 9.59 Å². The highest BCUT2D eigenvalue weighted by molar-refractivity contribution is 5.97. The molecule has 0 heterocycles. The lowest BCUT2D eigenvalue weighted by molar-refractivity contribution is -0.123. The first-order valence-electron chi connectivity index (χ1n) is 6.24. The number of halogens is 1. The van der Waals surface area contributed by atoms with Crippen molar-refractivity contribution >= 4 is 11.8 Å². The van der Waals surface area contributed by atoms with Gasteiger partial charge in [-0.15, -0.1) is 6.42 Å². The highest BCUT2D eigenvalue weighted by atomic mass is 19.1. The fraction of sp³-hybridized carbons (Fsp3) is 0.333. The molecule has 0 spiro atoms. The Bertz CT molecular complexity index is 535. The van der Waals surface area contributed by atoms with Gasteiger partial charge in [-0.05, 0) is 18.1 Å². The van der Waals surface area contributed by atoms with Crippen LogP contribution in [0.4, 0.5) is 4.39 Å². The molecule has 0 aliphatic rings. The summed E-state index contributed by atoms with van der Waals surface area (Å²) in [5, 5.41) is 5.02. The summed E-state index contributed by atoms with van der Waals surface area (Å²) in [6.45, 7) is 3.64. The lowest BCUT2D eigenvalue weighted by Gasteiger charge is -2.21. The summed E-state index contributed by atoms with van der Waals surface area (Å²) in [4.78, 5) is 23.9. The molecule has 5 heteroatoms. The Morgan fingerprint density at radius 2 is 2.00 bits per heavy atom. The predicted molar refractivity (Wildman–Crippen MR) is 74.3 cm³/mol. The molecule has 0 aliphatic heterocycles. The second-order valence-electron chi connectivity index (χ2n) is 4.60. The molecule has 1 aromatic rings. The first-order chi connectivity index (χ1) is 9.47. The third-order valence-corrected chi connectivity index (χ3v) is 2.72. The van der Waals surface area contributed by atoms with E-state index in [1.807, 2.05) is 0 Å². The minimum atomic E-state index is -0.768. The van der Waals surface area contributed by atoms with Crippen LogP contribution in [0.5, 0.6) is 0 Å². The Labute approximate surface area is 117 Å². The van der Waals surface area contributed by atoms with E-state index in [9.17, 15) is 14.0 Å². The van der Waals surface area contributed by atoms with Crippen molar-refractivity contribution in [2.45, 2.75) is 19.9 Å². The molecule has 4 nitrogen and oxygen atoms in total. The Balaban J connectivity index is 2.81. The normalized spacial score (nSPS) is 11.6. The van der Waals surface area contributed by atoms with E-state index < -0.39 is 17.8 Å². The van der Waals surface area contributed by atoms with Crippen LogP contribution in [-0.4, -0.2) is 24.4 Å². The van der Waals surface area contributed by atoms with Crippen LogP contribution in [0.25, 0.3) is 0 Å². The fourth-order valence-corrected chi connectivity index (χ4v) is 1.65. The number of amides is 2. The summed E-state index contributed by atoms with van der Waals surface area (Å²) in [6.07, 6.45) is 5.06. The van der Waals surface area contributed by atoms with Crippen LogP contribution in [0, 0.1) is 24.1 Å². The van der Waals surface area contributed by atoms with Gasteiger partial charge in [0, 0.05) is 0 Å². The zero-order chi connectivity index (χ0) is 15.1. The van der Waals surface area contributed by atoms with Gasteiger partial charge in [-0.2, -0.15) is 0 Å². The number of terminal acetylenes is 1. The number of nitrogens with one attached hydrogen (secondary N) is 2. The highest BCUT2D eigenvalue weighted by Crippen LogP contribution is 2.08. The van der Waals surface area contributed by atoms with Crippen molar-refractivity contribution in [2.24, 2.45) is 5.92 Å². The van der Waals surface area contributed by atoms with E-state index in [0.717, 1.165) is 0 Å². The van der Waals surface area contributed by atoms with Crippen molar-refractivity contribution in [2.75, 3.05) is 6.54 Å². The first-order valence-corrected chi connectivity index (χ1v) is 6.24. The summed E-state index contributed by atoms with van der Waals surface area (Å²) < 4.78 is 13.5. The Morgan fingerprint density at radius 3 is 2.55 bits per heavy atom. The predicted octanol–water partition coefficient (Wildman–Crippen LogP) is 1.33. The average molecular weight is 276 g/mol. The maximum Gasteiger partial charge on any atom is 0.254 e. The molecule has 1 aromatic carbocycles. The third kappa shape index (κ3) is 4.09. The monoisotopic (exact) mass is 276 g/mol. The van der Waals surface area contributed by atoms with Crippen molar-refractivity contribution in [3.8, 4) is 12.3 Å². The van der Waals surface area contributed by atoms with Crippen LogP contribution in [0.3, 0.4) is 0 Å². The Morgan fingerprint density at radius 1 is 1.35 bits per heavy atom. The molecule has 1 unspecified atom stereocenters. The molecule has 0 saturated carbocycles. The number of benzene rings is 1. The maximum absolute atomic E-state index is 13.5. The van der Waals surface area contributed by atoms with Crippen LogP contribution < -0.4 is 10.6 Å². The SMILES string of the molecule is C#CCNC(=O)C(NC(=O)c1ccccc1F)C(C)C. The summed E-state index contributed by atoms with van der Waals surface area (Å²) in [7, 11) is 0. The van der Waals surface area contributed by atoms with Gasteiger partial charge in [0.05, 0.1) is 12.1 Å². The lowest BCUT2D eigenvalue weighted by Crippen LogP contribution is -2.49. The second kappa shape index (κ2) is 7.29. The molecule has 106 valence electrons. The van der Waals surface area contributed by atoms with Crippen molar-refractivity contribution in [1.29, 1.82) is 0 Å². The molecule has 0 bridgehead atoms. The van der Waals surface area contributed by atoms with Gasteiger partial charge in [-0.25, -0.2) is 4.39 Å². The van der Waals surface area contributed by atoms with E-state index >= 15 is 0 Å². The minimum absolute atomic E-state index is 0.0810. The van der Waals surface area contributed by atoms with E-state index in [-0.39, 0.29) is 23.9 Å². The molecule has 20 heavy (non-hydrogen) atoms. The van der Waals surface area contributed by atoms with Gasteiger partial charge >= 0.3 is 0 Å². The number of carbonyl (C=O) groups excluding carboxylic acids is 2. The van der Waals surface area contributed by atoms with Crippen LogP contribution >= 0.6 is 0 Å². The van der Waals surface area contributed by atoms with Crippen molar-refractivity contribution in [3.63, 3.8) is 0 Å². The van der Waals surface area contributed by atoms with E-state index in [4.69, 9.17) is 6.42 Å². The zero-order valence-corrected chi connectivity index (χ0v) is 11.4. The molecule has 0 radical (unpaired) electrons. The van der Waals surface area contributed by atoms with Gasteiger partial charge < -0.3 is 10.6 Å². The fourth-order valence-electron chi connectivity index (χ4n) is 1.65. The summed E-state index contributed by atoms with van der Waals surface area (Å²) >= 11 is 0. The minimum Gasteiger partial charge on any atom is -0.343 e. The van der Waals surface area contributed by atoms with Gasteiger partial charge in [0.15, 0.2) is 0 Å². The largest absolute Gasteiger partial charge is 0.343 e. The molecule has 0 aromatic heterocycles.